The molecule has 3 nitrogen and oxygen atoms in total. The van der Waals surface area contributed by atoms with Crippen LogP contribution in [0.25, 0.3) is 0 Å². The molecule has 1 aliphatic carbocycles. The number of Topliss-reactive ketones (excluding diaryl/α,β-unsaturated/α-hetero) is 1. The van der Waals surface area contributed by atoms with Gasteiger partial charge in [0.05, 0.1) is 12.0 Å². The fraction of sp³-hybridized carbons (Fsp3) is 0.750. The molecule has 1 N–H and O–H groups in total. The molecule has 0 saturated heterocycles. The number of hydrogen-bond donors (Lipinski definition) is 1. The molecule has 0 aromatic carbocycles. The summed E-state index contributed by atoms with van der Waals surface area (Å²) in [6, 6.07) is 1.95. The molecule has 0 heterocycles. The van der Waals surface area contributed by atoms with E-state index >= 15 is 0 Å². The molecule has 0 aliphatic heterocycles. The second kappa shape index (κ2) is 2.63. The number of ketones is 1. The normalized spacial score (nSPS) is 38.3. The molecule has 0 aromatic heterocycles. The van der Waals surface area contributed by atoms with Crippen LogP contribution in [0.3, 0.4) is 0 Å². The first-order valence-electron chi connectivity index (χ1n) is 3.74. The highest BCUT2D eigenvalue weighted by Gasteiger charge is 2.41. The lowest BCUT2D eigenvalue weighted by Crippen LogP contribution is -2.45. The van der Waals surface area contributed by atoms with Gasteiger partial charge < -0.3 is 5.11 Å². The van der Waals surface area contributed by atoms with Crippen molar-refractivity contribution < 1.29 is 9.90 Å². The lowest BCUT2D eigenvalue weighted by molar-refractivity contribution is -0.142. The first-order chi connectivity index (χ1) is 5.09. The summed E-state index contributed by atoms with van der Waals surface area (Å²) in [5, 5.41) is 18.1. The van der Waals surface area contributed by atoms with Crippen LogP contribution < -0.4 is 0 Å². The lowest BCUT2D eigenvalue weighted by atomic mass is 9.76. The van der Waals surface area contributed by atoms with Gasteiger partial charge in [0.15, 0.2) is 5.78 Å². The van der Waals surface area contributed by atoms with E-state index in [1.807, 2.05) is 6.07 Å². The smallest absolute Gasteiger partial charge is 0.165 e. The first-order valence-corrected chi connectivity index (χ1v) is 3.74. The maximum absolute atomic E-state index is 11.1. The van der Waals surface area contributed by atoms with Gasteiger partial charge >= 0.3 is 0 Å². The first kappa shape index (κ1) is 8.22. The van der Waals surface area contributed by atoms with Gasteiger partial charge in [0.25, 0.3) is 0 Å². The van der Waals surface area contributed by atoms with Gasteiger partial charge in [0.1, 0.15) is 5.60 Å². The van der Waals surface area contributed by atoms with E-state index in [9.17, 15) is 9.90 Å². The molecule has 0 radical (unpaired) electrons. The van der Waals surface area contributed by atoms with Crippen LogP contribution in [0.4, 0.5) is 0 Å². The highest BCUT2D eigenvalue weighted by atomic mass is 16.3. The van der Waals surface area contributed by atoms with E-state index in [2.05, 4.69) is 0 Å². The maximum Gasteiger partial charge on any atom is 0.165 e. The Kier molecular flexibility index (Phi) is 1.97. The van der Waals surface area contributed by atoms with E-state index < -0.39 is 11.5 Å². The van der Waals surface area contributed by atoms with Crippen molar-refractivity contribution in [3.63, 3.8) is 0 Å². The topological polar surface area (TPSA) is 61.1 Å². The fourth-order valence-electron chi connectivity index (χ4n) is 1.39. The van der Waals surface area contributed by atoms with E-state index in [1.165, 1.54) is 6.92 Å². The second-order valence-corrected chi connectivity index (χ2v) is 3.14. The average molecular weight is 153 g/mol. The summed E-state index contributed by atoms with van der Waals surface area (Å²) >= 11 is 0. The van der Waals surface area contributed by atoms with Gasteiger partial charge in [-0.3, -0.25) is 4.79 Å². The Morgan fingerprint density at radius 2 is 2.45 bits per heavy atom. The predicted octanol–water partition coefficient (Wildman–Crippen LogP) is 0.630. The van der Waals surface area contributed by atoms with Gasteiger partial charge in [0, 0.05) is 6.42 Å². The Morgan fingerprint density at radius 3 is 2.91 bits per heavy atom. The number of hydrogen-bond acceptors (Lipinski definition) is 3. The number of carbonyl (C=O) groups excluding carboxylic acids is 1. The van der Waals surface area contributed by atoms with Crippen molar-refractivity contribution in [2.24, 2.45) is 5.92 Å². The van der Waals surface area contributed by atoms with E-state index in [1.54, 1.807) is 0 Å². The van der Waals surface area contributed by atoms with Gasteiger partial charge in [-0.2, -0.15) is 5.26 Å². The molecule has 3 heteroatoms. The third kappa shape index (κ3) is 1.26. The number of rotatable bonds is 0. The Balaban J connectivity index is 2.83. The molecule has 0 amide bonds. The molecule has 0 spiro atoms. The highest BCUT2D eigenvalue weighted by Crippen LogP contribution is 2.29. The standard InChI is InChI=1S/C8H11NO2/c1-8(11)6(5-9)3-2-4-7(8)10/h6,11H,2-4H2,1H3. The van der Waals surface area contributed by atoms with Crippen LogP contribution in [-0.4, -0.2) is 16.5 Å². The van der Waals surface area contributed by atoms with Crippen LogP contribution in [0.5, 0.6) is 0 Å². The number of nitriles is 1. The van der Waals surface area contributed by atoms with Crippen LogP contribution in [-0.2, 0) is 4.79 Å². The van der Waals surface area contributed by atoms with Crippen LogP contribution in [0.1, 0.15) is 26.2 Å². The molecule has 60 valence electrons. The number of aliphatic hydroxyl groups is 1. The zero-order valence-electron chi connectivity index (χ0n) is 6.50. The Hall–Kier alpha value is -0.880. The molecular weight excluding hydrogens is 142 g/mol. The fourth-order valence-corrected chi connectivity index (χ4v) is 1.39. The zero-order valence-corrected chi connectivity index (χ0v) is 6.50. The van der Waals surface area contributed by atoms with Crippen molar-refractivity contribution in [2.75, 3.05) is 0 Å². The third-order valence-electron chi connectivity index (χ3n) is 2.30. The minimum absolute atomic E-state index is 0.199. The Bertz CT molecular complexity index is 215. The minimum Gasteiger partial charge on any atom is -0.381 e. The van der Waals surface area contributed by atoms with Crippen molar-refractivity contribution in [1.82, 2.24) is 0 Å². The summed E-state index contributed by atoms with van der Waals surface area (Å²) in [7, 11) is 0. The summed E-state index contributed by atoms with van der Waals surface area (Å²) in [5.74, 6) is -0.709. The van der Waals surface area contributed by atoms with Crippen molar-refractivity contribution in [3.05, 3.63) is 0 Å². The lowest BCUT2D eigenvalue weighted by Gasteiger charge is -2.30. The monoisotopic (exact) mass is 153 g/mol. The predicted molar refractivity (Wildman–Crippen MR) is 38.6 cm³/mol. The van der Waals surface area contributed by atoms with Gasteiger partial charge in [-0.25, -0.2) is 0 Å². The third-order valence-corrected chi connectivity index (χ3v) is 2.30. The van der Waals surface area contributed by atoms with Crippen molar-refractivity contribution in [2.45, 2.75) is 31.8 Å². The molecule has 1 aliphatic rings. The summed E-state index contributed by atoms with van der Waals surface area (Å²) in [4.78, 5) is 11.1. The van der Waals surface area contributed by atoms with Crippen LogP contribution >= 0.6 is 0 Å². The average Bonchev–Trinajstić information content (AvgIpc) is 1.95. The molecule has 1 saturated carbocycles. The summed E-state index contributed by atoms with van der Waals surface area (Å²) in [5.41, 5.74) is -1.40. The van der Waals surface area contributed by atoms with Gasteiger partial charge in [-0.1, -0.05) is 0 Å². The molecule has 1 fully saturated rings. The van der Waals surface area contributed by atoms with Crippen molar-refractivity contribution >= 4 is 5.78 Å². The Labute approximate surface area is 65.6 Å². The van der Waals surface area contributed by atoms with Crippen LogP contribution in [0.2, 0.25) is 0 Å². The zero-order chi connectivity index (χ0) is 8.48. The SMILES string of the molecule is CC1(O)C(=O)CCCC1C#N. The van der Waals surface area contributed by atoms with E-state index in [4.69, 9.17) is 5.26 Å². The molecule has 11 heavy (non-hydrogen) atoms. The van der Waals surface area contributed by atoms with Gasteiger partial charge in [0.2, 0.25) is 0 Å². The maximum atomic E-state index is 11.1. The second-order valence-electron chi connectivity index (χ2n) is 3.14. The van der Waals surface area contributed by atoms with Gasteiger partial charge in [-0.15, -0.1) is 0 Å². The van der Waals surface area contributed by atoms with Gasteiger partial charge in [-0.05, 0) is 19.8 Å². The quantitative estimate of drug-likeness (QED) is 0.555. The van der Waals surface area contributed by atoms with Crippen molar-refractivity contribution in [1.29, 1.82) is 5.26 Å². The number of nitrogens with zero attached hydrogens (tertiary/aromatic N) is 1. The molecule has 0 aromatic rings. The summed E-state index contributed by atoms with van der Waals surface area (Å²) in [6.45, 7) is 1.43. The van der Waals surface area contributed by atoms with E-state index in [0.29, 0.717) is 12.8 Å². The van der Waals surface area contributed by atoms with Crippen LogP contribution in [0.15, 0.2) is 0 Å². The molecule has 1 rings (SSSR count). The highest BCUT2D eigenvalue weighted by molar-refractivity contribution is 5.88. The largest absolute Gasteiger partial charge is 0.381 e. The Morgan fingerprint density at radius 1 is 1.82 bits per heavy atom. The molecule has 2 unspecified atom stereocenters. The number of carbonyl (C=O) groups is 1. The van der Waals surface area contributed by atoms with Crippen molar-refractivity contribution in [3.8, 4) is 6.07 Å². The van der Waals surface area contributed by atoms with E-state index in [-0.39, 0.29) is 5.78 Å². The summed E-state index contributed by atoms with van der Waals surface area (Å²) in [6.07, 6.45) is 1.77. The van der Waals surface area contributed by atoms with E-state index in [0.717, 1.165) is 6.42 Å². The van der Waals surface area contributed by atoms with Crippen LogP contribution in [0, 0.1) is 17.2 Å². The molecule has 0 bridgehead atoms. The molecule has 2 atom stereocenters. The molecular formula is C8H11NO2. The minimum atomic E-state index is -1.40. The summed E-state index contributed by atoms with van der Waals surface area (Å²) < 4.78 is 0.